The molecule has 1 unspecified atom stereocenters. The zero-order valence-corrected chi connectivity index (χ0v) is 7.67. The van der Waals surface area contributed by atoms with Crippen molar-refractivity contribution in [1.29, 1.82) is 0 Å². The molecule has 0 saturated heterocycles. The summed E-state index contributed by atoms with van der Waals surface area (Å²) in [6.45, 7) is 5.15. The number of fused-ring (bicyclic) bond motifs is 1. The minimum Gasteiger partial charge on any atom is -0.333 e. The maximum Gasteiger partial charge on any atom is 0.128 e. The van der Waals surface area contributed by atoms with Gasteiger partial charge in [-0.05, 0) is 26.7 Å². The van der Waals surface area contributed by atoms with Crippen LogP contribution >= 0.6 is 0 Å². The molecule has 2 rings (SSSR count). The maximum absolute atomic E-state index is 6.12. The highest BCUT2D eigenvalue weighted by atomic mass is 15.1. The van der Waals surface area contributed by atoms with Crippen LogP contribution in [0.2, 0.25) is 0 Å². The first-order chi connectivity index (χ1) is 5.59. The van der Waals surface area contributed by atoms with Crippen molar-refractivity contribution in [2.24, 2.45) is 5.73 Å². The lowest BCUT2D eigenvalue weighted by Crippen LogP contribution is -2.39. The Morgan fingerprint density at radius 2 is 2.42 bits per heavy atom. The van der Waals surface area contributed by atoms with Crippen LogP contribution in [-0.4, -0.2) is 9.55 Å². The van der Waals surface area contributed by atoms with E-state index in [0.29, 0.717) is 0 Å². The van der Waals surface area contributed by atoms with E-state index in [0.717, 1.165) is 30.9 Å². The summed E-state index contributed by atoms with van der Waals surface area (Å²) in [6.07, 6.45) is 4.29. The molecule has 0 fully saturated rings. The van der Waals surface area contributed by atoms with Crippen molar-refractivity contribution in [3.63, 3.8) is 0 Å². The van der Waals surface area contributed by atoms with Crippen LogP contribution in [0.25, 0.3) is 0 Å². The zero-order chi connectivity index (χ0) is 8.77. The zero-order valence-electron chi connectivity index (χ0n) is 7.67. The molecular weight excluding hydrogens is 150 g/mol. The Kier molecular flexibility index (Phi) is 1.51. The van der Waals surface area contributed by atoms with Gasteiger partial charge in [-0.25, -0.2) is 4.98 Å². The highest BCUT2D eigenvalue weighted by Gasteiger charge is 2.29. The Morgan fingerprint density at radius 1 is 1.67 bits per heavy atom. The number of imidazole rings is 1. The van der Waals surface area contributed by atoms with Crippen LogP contribution < -0.4 is 5.73 Å². The first-order valence-electron chi connectivity index (χ1n) is 4.43. The molecule has 1 aliphatic rings. The third-order valence-corrected chi connectivity index (χ3v) is 2.50. The van der Waals surface area contributed by atoms with Gasteiger partial charge >= 0.3 is 0 Å². The Labute approximate surface area is 72.6 Å². The number of hydrogen-bond donors (Lipinski definition) is 1. The standard InChI is InChI=1S/C9H15N3/c1-7-6-12-5-3-4-9(2,10)8(12)11-7/h6H,3-5,10H2,1-2H3. The molecule has 1 aromatic rings. The Hall–Kier alpha value is -0.830. The fourth-order valence-electron chi connectivity index (χ4n) is 1.90. The smallest absolute Gasteiger partial charge is 0.128 e. The van der Waals surface area contributed by atoms with Gasteiger partial charge in [0.25, 0.3) is 0 Å². The summed E-state index contributed by atoms with van der Waals surface area (Å²) in [5.74, 6) is 1.05. The summed E-state index contributed by atoms with van der Waals surface area (Å²) in [6, 6.07) is 0. The SMILES string of the molecule is Cc1cn2c(n1)C(C)(N)CCC2. The first kappa shape index (κ1) is 7.80. The quantitative estimate of drug-likeness (QED) is 0.627. The van der Waals surface area contributed by atoms with Gasteiger partial charge in [-0.15, -0.1) is 0 Å². The third kappa shape index (κ3) is 1.05. The fraction of sp³-hybridized carbons (Fsp3) is 0.667. The van der Waals surface area contributed by atoms with E-state index in [1.165, 1.54) is 0 Å². The van der Waals surface area contributed by atoms with Crippen molar-refractivity contribution in [2.45, 2.75) is 38.8 Å². The van der Waals surface area contributed by atoms with Crippen LogP contribution in [0.3, 0.4) is 0 Å². The van der Waals surface area contributed by atoms with Crippen LogP contribution in [0.1, 0.15) is 31.3 Å². The molecule has 3 heteroatoms. The molecule has 0 amide bonds. The summed E-state index contributed by atoms with van der Waals surface area (Å²) in [4.78, 5) is 4.44. The predicted molar refractivity (Wildman–Crippen MR) is 47.7 cm³/mol. The Morgan fingerprint density at radius 3 is 3.08 bits per heavy atom. The van der Waals surface area contributed by atoms with Crippen molar-refractivity contribution >= 4 is 0 Å². The number of rotatable bonds is 0. The molecule has 1 atom stereocenters. The lowest BCUT2D eigenvalue weighted by Gasteiger charge is -2.29. The molecule has 0 saturated carbocycles. The molecule has 12 heavy (non-hydrogen) atoms. The molecule has 0 bridgehead atoms. The second kappa shape index (κ2) is 2.33. The van der Waals surface area contributed by atoms with Crippen LogP contribution in [0, 0.1) is 6.92 Å². The average Bonchev–Trinajstić information content (AvgIpc) is 2.30. The van der Waals surface area contributed by atoms with Gasteiger partial charge in [0.1, 0.15) is 5.82 Å². The summed E-state index contributed by atoms with van der Waals surface area (Å²) >= 11 is 0. The van der Waals surface area contributed by atoms with Crippen molar-refractivity contribution in [3.8, 4) is 0 Å². The van der Waals surface area contributed by atoms with Gasteiger partial charge in [-0.1, -0.05) is 0 Å². The van der Waals surface area contributed by atoms with Gasteiger partial charge in [0.15, 0.2) is 0 Å². The van der Waals surface area contributed by atoms with E-state index >= 15 is 0 Å². The number of nitrogens with two attached hydrogens (primary N) is 1. The normalized spacial score (nSPS) is 28.6. The second-order valence-corrected chi connectivity index (χ2v) is 3.92. The Bertz CT molecular complexity index is 299. The van der Waals surface area contributed by atoms with E-state index in [1.807, 2.05) is 6.92 Å². The van der Waals surface area contributed by atoms with Gasteiger partial charge in [0.05, 0.1) is 11.2 Å². The number of aromatic nitrogens is 2. The van der Waals surface area contributed by atoms with Crippen molar-refractivity contribution in [3.05, 3.63) is 17.7 Å². The lowest BCUT2D eigenvalue weighted by atomic mass is 9.93. The van der Waals surface area contributed by atoms with E-state index in [1.54, 1.807) is 0 Å². The maximum atomic E-state index is 6.12. The summed E-state index contributed by atoms with van der Waals surface area (Å²) in [5.41, 5.74) is 6.98. The lowest BCUT2D eigenvalue weighted by molar-refractivity contribution is 0.335. The van der Waals surface area contributed by atoms with Crippen LogP contribution in [0.4, 0.5) is 0 Å². The molecule has 0 radical (unpaired) electrons. The van der Waals surface area contributed by atoms with E-state index in [2.05, 4.69) is 22.7 Å². The molecule has 2 N–H and O–H groups in total. The van der Waals surface area contributed by atoms with Crippen LogP contribution in [0.15, 0.2) is 6.20 Å². The van der Waals surface area contributed by atoms with E-state index in [9.17, 15) is 0 Å². The molecule has 66 valence electrons. The minimum atomic E-state index is -0.216. The van der Waals surface area contributed by atoms with Crippen molar-refractivity contribution in [1.82, 2.24) is 9.55 Å². The van der Waals surface area contributed by atoms with E-state index < -0.39 is 0 Å². The fourth-order valence-corrected chi connectivity index (χ4v) is 1.90. The summed E-state index contributed by atoms with van der Waals surface area (Å²) in [7, 11) is 0. The Balaban J connectivity index is 2.51. The second-order valence-electron chi connectivity index (χ2n) is 3.92. The van der Waals surface area contributed by atoms with Crippen molar-refractivity contribution < 1.29 is 0 Å². The van der Waals surface area contributed by atoms with Gasteiger partial charge in [-0.2, -0.15) is 0 Å². The van der Waals surface area contributed by atoms with Gasteiger partial charge in [-0.3, -0.25) is 0 Å². The summed E-state index contributed by atoms with van der Waals surface area (Å²) < 4.78 is 2.18. The number of hydrogen-bond acceptors (Lipinski definition) is 2. The molecule has 1 aromatic heterocycles. The predicted octanol–water partition coefficient (Wildman–Crippen LogP) is 1.16. The first-order valence-corrected chi connectivity index (χ1v) is 4.43. The molecule has 0 aromatic carbocycles. The molecular formula is C9H15N3. The van der Waals surface area contributed by atoms with Crippen LogP contribution in [0.5, 0.6) is 0 Å². The highest BCUT2D eigenvalue weighted by Crippen LogP contribution is 2.27. The molecule has 3 nitrogen and oxygen atoms in total. The van der Waals surface area contributed by atoms with Gasteiger partial charge in [0, 0.05) is 12.7 Å². The molecule has 2 heterocycles. The molecule has 0 spiro atoms. The van der Waals surface area contributed by atoms with Gasteiger partial charge < -0.3 is 10.3 Å². The monoisotopic (exact) mass is 165 g/mol. The van der Waals surface area contributed by atoms with Gasteiger partial charge in [0.2, 0.25) is 0 Å². The number of nitrogens with zero attached hydrogens (tertiary/aromatic N) is 2. The minimum absolute atomic E-state index is 0.216. The molecule has 0 aliphatic carbocycles. The topological polar surface area (TPSA) is 43.8 Å². The third-order valence-electron chi connectivity index (χ3n) is 2.50. The van der Waals surface area contributed by atoms with Crippen LogP contribution in [-0.2, 0) is 12.1 Å². The summed E-state index contributed by atoms with van der Waals surface area (Å²) in [5, 5.41) is 0. The number of aryl methyl sites for hydroxylation is 2. The van der Waals surface area contributed by atoms with Crippen molar-refractivity contribution in [2.75, 3.05) is 0 Å². The molecule has 1 aliphatic heterocycles. The highest BCUT2D eigenvalue weighted by molar-refractivity contribution is 5.12. The largest absolute Gasteiger partial charge is 0.333 e. The van der Waals surface area contributed by atoms with E-state index in [4.69, 9.17) is 5.73 Å². The van der Waals surface area contributed by atoms with E-state index in [-0.39, 0.29) is 5.54 Å². The average molecular weight is 165 g/mol.